The number of rotatable bonds is 8. The zero-order valence-electron chi connectivity index (χ0n) is 11.4. The minimum Gasteiger partial charge on any atom is -0.352 e. The Morgan fingerprint density at radius 1 is 1.24 bits per heavy atom. The average Bonchev–Trinajstić information content (AvgIpc) is 2.84. The summed E-state index contributed by atoms with van der Waals surface area (Å²) < 4.78 is 0. The molecule has 1 fully saturated rings. The van der Waals surface area contributed by atoms with Gasteiger partial charge in [-0.3, -0.25) is 4.79 Å². The molecule has 0 aromatic heterocycles. The number of hydrogen-bond donors (Lipinski definition) is 2. The first-order valence-electron chi connectivity index (χ1n) is 7.26. The maximum absolute atomic E-state index is 11.6. The van der Waals surface area contributed by atoms with Crippen molar-refractivity contribution >= 4 is 5.91 Å². The maximum Gasteiger partial charge on any atom is 0.234 e. The monoisotopic (exact) mass is 240 g/mol. The van der Waals surface area contributed by atoms with Gasteiger partial charge in [0.2, 0.25) is 5.91 Å². The minimum atomic E-state index is 0.144. The zero-order chi connectivity index (χ0) is 12.5. The molecule has 1 aliphatic carbocycles. The van der Waals surface area contributed by atoms with E-state index in [9.17, 15) is 4.79 Å². The fraction of sp³-hybridized carbons (Fsp3) is 0.929. The maximum atomic E-state index is 11.6. The van der Waals surface area contributed by atoms with E-state index in [1.807, 2.05) is 0 Å². The Bertz CT molecular complexity index is 208. The van der Waals surface area contributed by atoms with Crippen molar-refractivity contribution in [3.8, 4) is 0 Å². The van der Waals surface area contributed by atoms with Gasteiger partial charge in [-0.1, -0.05) is 39.5 Å². The van der Waals surface area contributed by atoms with Crippen molar-refractivity contribution in [3.05, 3.63) is 0 Å². The fourth-order valence-corrected chi connectivity index (χ4v) is 2.58. The molecule has 0 atom stereocenters. The van der Waals surface area contributed by atoms with E-state index in [0.29, 0.717) is 12.6 Å². The molecule has 17 heavy (non-hydrogen) atoms. The van der Waals surface area contributed by atoms with Gasteiger partial charge in [-0.25, -0.2) is 0 Å². The molecule has 0 heterocycles. The Balaban J connectivity index is 1.99. The molecule has 0 saturated heterocycles. The zero-order valence-corrected chi connectivity index (χ0v) is 11.4. The van der Waals surface area contributed by atoms with Crippen LogP contribution in [0, 0.1) is 5.92 Å². The molecule has 1 saturated carbocycles. The van der Waals surface area contributed by atoms with Gasteiger partial charge in [-0.05, 0) is 31.7 Å². The molecule has 100 valence electrons. The van der Waals surface area contributed by atoms with Gasteiger partial charge in [-0.15, -0.1) is 0 Å². The highest BCUT2D eigenvalue weighted by molar-refractivity contribution is 5.78. The third-order valence-corrected chi connectivity index (χ3v) is 3.84. The Kier molecular flexibility index (Phi) is 7.25. The lowest BCUT2D eigenvalue weighted by Gasteiger charge is -2.15. The smallest absolute Gasteiger partial charge is 0.234 e. The molecular formula is C14H28N2O. The SMILES string of the molecule is CCC(CC)NC(=O)CNCCC1CCCC1. The van der Waals surface area contributed by atoms with Crippen molar-refractivity contribution in [2.45, 2.75) is 64.8 Å². The topological polar surface area (TPSA) is 41.1 Å². The van der Waals surface area contributed by atoms with E-state index < -0.39 is 0 Å². The fourth-order valence-electron chi connectivity index (χ4n) is 2.58. The molecule has 3 nitrogen and oxygen atoms in total. The van der Waals surface area contributed by atoms with Crippen LogP contribution in [0.15, 0.2) is 0 Å². The van der Waals surface area contributed by atoms with Gasteiger partial charge < -0.3 is 10.6 Å². The van der Waals surface area contributed by atoms with Crippen molar-refractivity contribution in [3.63, 3.8) is 0 Å². The molecule has 0 aromatic carbocycles. The van der Waals surface area contributed by atoms with Crippen molar-refractivity contribution in [2.24, 2.45) is 5.92 Å². The summed E-state index contributed by atoms with van der Waals surface area (Å²) in [6, 6.07) is 0.346. The normalized spacial score (nSPS) is 16.6. The van der Waals surface area contributed by atoms with Crippen LogP contribution in [0.3, 0.4) is 0 Å². The van der Waals surface area contributed by atoms with Crippen LogP contribution in [-0.2, 0) is 4.79 Å². The molecule has 0 bridgehead atoms. The van der Waals surface area contributed by atoms with Gasteiger partial charge in [0, 0.05) is 6.04 Å². The largest absolute Gasteiger partial charge is 0.352 e. The third-order valence-electron chi connectivity index (χ3n) is 3.84. The van der Waals surface area contributed by atoms with E-state index in [1.165, 1.54) is 32.1 Å². The van der Waals surface area contributed by atoms with Gasteiger partial charge in [0.15, 0.2) is 0 Å². The lowest BCUT2D eigenvalue weighted by molar-refractivity contribution is -0.121. The standard InChI is InChI=1S/C14H28N2O/c1-3-13(4-2)16-14(17)11-15-10-9-12-7-5-6-8-12/h12-13,15H,3-11H2,1-2H3,(H,16,17). The van der Waals surface area contributed by atoms with E-state index in [-0.39, 0.29) is 5.91 Å². The summed E-state index contributed by atoms with van der Waals surface area (Å²) in [4.78, 5) is 11.6. The van der Waals surface area contributed by atoms with Gasteiger partial charge in [0.1, 0.15) is 0 Å². The van der Waals surface area contributed by atoms with E-state index in [2.05, 4.69) is 24.5 Å². The van der Waals surface area contributed by atoms with Crippen LogP contribution in [0.2, 0.25) is 0 Å². The highest BCUT2D eigenvalue weighted by atomic mass is 16.1. The molecule has 1 amide bonds. The molecule has 2 N–H and O–H groups in total. The molecule has 0 aliphatic heterocycles. The summed E-state index contributed by atoms with van der Waals surface area (Å²) in [7, 11) is 0. The quantitative estimate of drug-likeness (QED) is 0.640. The molecular weight excluding hydrogens is 212 g/mol. The van der Waals surface area contributed by atoms with Crippen molar-refractivity contribution in [2.75, 3.05) is 13.1 Å². The number of carbonyl (C=O) groups excluding carboxylic acids is 1. The molecule has 3 heteroatoms. The Morgan fingerprint density at radius 2 is 1.88 bits per heavy atom. The second kappa shape index (κ2) is 8.51. The molecule has 1 rings (SSSR count). The Morgan fingerprint density at radius 3 is 2.47 bits per heavy atom. The number of amides is 1. The van der Waals surface area contributed by atoms with Crippen LogP contribution in [0.1, 0.15) is 58.8 Å². The van der Waals surface area contributed by atoms with Gasteiger partial charge in [-0.2, -0.15) is 0 Å². The van der Waals surface area contributed by atoms with Crippen LogP contribution in [0.4, 0.5) is 0 Å². The lowest BCUT2D eigenvalue weighted by atomic mass is 10.0. The second-order valence-corrected chi connectivity index (χ2v) is 5.20. The number of carbonyl (C=O) groups is 1. The molecule has 0 unspecified atom stereocenters. The van der Waals surface area contributed by atoms with E-state index in [4.69, 9.17) is 0 Å². The third kappa shape index (κ3) is 6.06. The lowest BCUT2D eigenvalue weighted by Crippen LogP contribution is -2.40. The van der Waals surface area contributed by atoms with Crippen molar-refractivity contribution in [1.29, 1.82) is 0 Å². The first-order valence-corrected chi connectivity index (χ1v) is 7.26. The highest BCUT2D eigenvalue weighted by Crippen LogP contribution is 2.26. The number of nitrogens with one attached hydrogen (secondary N) is 2. The van der Waals surface area contributed by atoms with Crippen LogP contribution in [0.5, 0.6) is 0 Å². The van der Waals surface area contributed by atoms with Gasteiger partial charge in [0.25, 0.3) is 0 Å². The summed E-state index contributed by atoms with van der Waals surface area (Å²) in [5.74, 6) is 1.05. The van der Waals surface area contributed by atoms with E-state index in [1.54, 1.807) is 0 Å². The summed E-state index contributed by atoms with van der Waals surface area (Å²) in [5, 5.41) is 6.30. The minimum absolute atomic E-state index is 0.144. The van der Waals surface area contributed by atoms with E-state index >= 15 is 0 Å². The summed E-state index contributed by atoms with van der Waals surface area (Å²) in [6.45, 7) is 5.69. The molecule has 0 spiro atoms. The molecule has 1 aliphatic rings. The molecule has 0 aromatic rings. The molecule has 0 radical (unpaired) electrons. The van der Waals surface area contributed by atoms with Gasteiger partial charge in [0.05, 0.1) is 6.54 Å². The van der Waals surface area contributed by atoms with Crippen LogP contribution in [-0.4, -0.2) is 25.0 Å². The summed E-state index contributed by atoms with van der Waals surface area (Å²) >= 11 is 0. The predicted molar refractivity (Wildman–Crippen MR) is 72.0 cm³/mol. The second-order valence-electron chi connectivity index (χ2n) is 5.20. The van der Waals surface area contributed by atoms with Gasteiger partial charge >= 0.3 is 0 Å². The van der Waals surface area contributed by atoms with Crippen molar-refractivity contribution < 1.29 is 4.79 Å². The Hall–Kier alpha value is -0.570. The predicted octanol–water partition coefficient (Wildman–Crippen LogP) is 2.46. The highest BCUT2D eigenvalue weighted by Gasteiger charge is 2.14. The first kappa shape index (κ1) is 14.5. The first-order chi connectivity index (χ1) is 8.26. The van der Waals surface area contributed by atoms with Crippen molar-refractivity contribution in [1.82, 2.24) is 10.6 Å². The summed E-state index contributed by atoms with van der Waals surface area (Å²) in [6.07, 6.45) is 8.86. The van der Waals surface area contributed by atoms with Crippen LogP contribution < -0.4 is 10.6 Å². The Labute approximate surface area is 106 Å². The van der Waals surface area contributed by atoms with Crippen LogP contribution in [0.25, 0.3) is 0 Å². The number of hydrogen-bond acceptors (Lipinski definition) is 2. The summed E-state index contributed by atoms with van der Waals surface area (Å²) in [5.41, 5.74) is 0. The van der Waals surface area contributed by atoms with E-state index in [0.717, 1.165) is 25.3 Å². The average molecular weight is 240 g/mol. The van der Waals surface area contributed by atoms with Crippen LogP contribution >= 0.6 is 0 Å².